The van der Waals surface area contributed by atoms with Gasteiger partial charge in [-0.05, 0) is 24.1 Å². The van der Waals surface area contributed by atoms with Crippen LogP contribution >= 0.6 is 0 Å². The van der Waals surface area contributed by atoms with E-state index in [9.17, 15) is 4.79 Å². The zero-order chi connectivity index (χ0) is 11.4. The minimum Gasteiger partial charge on any atom is -0.476 e. The number of hydrogen-bond acceptors (Lipinski definition) is 3. The molecule has 0 aliphatic heterocycles. The summed E-state index contributed by atoms with van der Waals surface area (Å²) >= 11 is 0. The van der Waals surface area contributed by atoms with Crippen LogP contribution in [-0.2, 0) is 13.0 Å². The van der Waals surface area contributed by atoms with Crippen LogP contribution in [0.25, 0.3) is 0 Å². The number of hydrogen-bond donors (Lipinski definition) is 1. The maximum Gasteiger partial charge on any atom is 0.356 e. The first kappa shape index (κ1) is 10.4. The molecule has 2 aromatic heterocycles. The van der Waals surface area contributed by atoms with E-state index in [0.717, 1.165) is 12.0 Å². The second-order valence-corrected chi connectivity index (χ2v) is 3.38. The van der Waals surface area contributed by atoms with E-state index in [1.165, 1.54) is 6.07 Å². The quantitative estimate of drug-likeness (QED) is 0.836. The molecule has 5 heteroatoms. The topological polar surface area (TPSA) is 68.0 Å². The van der Waals surface area contributed by atoms with E-state index in [1.807, 2.05) is 12.1 Å². The molecule has 0 atom stereocenters. The van der Waals surface area contributed by atoms with Crippen molar-refractivity contribution in [2.24, 2.45) is 0 Å². The number of pyridine rings is 1. The van der Waals surface area contributed by atoms with Gasteiger partial charge in [-0.2, -0.15) is 5.10 Å². The average molecular weight is 217 g/mol. The molecule has 0 fully saturated rings. The van der Waals surface area contributed by atoms with Crippen molar-refractivity contribution in [2.75, 3.05) is 0 Å². The van der Waals surface area contributed by atoms with Crippen LogP contribution in [0.2, 0.25) is 0 Å². The van der Waals surface area contributed by atoms with E-state index in [0.29, 0.717) is 6.54 Å². The van der Waals surface area contributed by atoms with Crippen molar-refractivity contribution in [3.05, 3.63) is 48.0 Å². The fourth-order valence-corrected chi connectivity index (χ4v) is 1.39. The third-order valence-corrected chi connectivity index (χ3v) is 2.21. The van der Waals surface area contributed by atoms with Gasteiger partial charge in [0.05, 0.1) is 0 Å². The van der Waals surface area contributed by atoms with Crippen LogP contribution in [0.5, 0.6) is 0 Å². The molecule has 1 N–H and O–H groups in total. The van der Waals surface area contributed by atoms with Crippen LogP contribution in [0.15, 0.2) is 36.8 Å². The second-order valence-electron chi connectivity index (χ2n) is 3.38. The predicted octanol–water partition coefficient (Wildman–Crippen LogP) is 1.22. The molecule has 2 aromatic rings. The summed E-state index contributed by atoms with van der Waals surface area (Å²) in [6.07, 6.45) is 5.97. The fraction of sp³-hybridized carbons (Fsp3) is 0.182. The average Bonchev–Trinajstić information content (AvgIpc) is 2.76. The molecule has 0 bridgehead atoms. The molecule has 5 nitrogen and oxygen atoms in total. The lowest BCUT2D eigenvalue weighted by Crippen LogP contribution is -2.05. The zero-order valence-electron chi connectivity index (χ0n) is 8.58. The third-order valence-electron chi connectivity index (χ3n) is 2.21. The highest BCUT2D eigenvalue weighted by Gasteiger charge is 2.06. The normalized spacial score (nSPS) is 10.2. The summed E-state index contributed by atoms with van der Waals surface area (Å²) in [5.41, 5.74) is 1.18. The molecule has 82 valence electrons. The minimum atomic E-state index is -1.000. The lowest BCUT2D eigenvalue weighted by molar-refractivity contribution is 0.0689. The highest BCUT2D eigenvalue weighted by molar-refractivity contribution is 5.84. The molecule has 0 saturated heterocycles. The van der Waals surface area contributed by atoms with Gasteiger partial charge in [0.1, 0.15) is 0 Å². The number of carboxylic acid groups (broad SMARTS) is 1. The Morgan fingerprint density at radius 2 is 2.31 bits per heavy atom. The van der Waals surface area contributed by atoms with Crippen LogP contribution in [0.1, 0.15) is 16.1 Å². The Labute approximate surface area is 92.4 Å². The van der Waals surface area contributed by atoms with Gasteiger partial charge in [-0.3, -0.25) is 9.67 Å². The van der Waals surface area contributed by atoms with Crippen LogP contribution in [0.4, 0.5) is 0 Å². The Balaban J connectivity index is 1.97. The highest BCUT2D eigenvalue weighted by Crippen LogP contribution is 2.01. The van der Waals surface area contributed by atoms with Crippen molar-refractivity contribution < 1.29 is 9.90 Å². The number of aryl methyl sites for hydroxylation is 2. The summed E-state index contributed by atoms with van der Waals surface area (Å²) < 4.78 is 1.62. The molecule has 0 spiro atoms. The highest BCUT2D eigenvalue weighted by atomic mass is 16.4. The lowest BCUT2D eigenvalue weighted by atomic mass is 10.2. The van der Waals surface area contributed by atoms with E-state index < -0.39 is 5.97 Å². The van der Waals surface area contributed by atoms with E-state index >= 15 is 0 Å². The van der Waals surface area contributed by atoms with E-state index in [-0.39, 0.29) is 5.69 Å². The van der Waals surface area contributed by atoms with E-state index in [1.54, 1.807) is 23.3 Å². The number of nitrogens with zero attached hydrogens (tertiary/aromatic N) is 3. The number of aromatic carboxylic acids is 1. The molecule has 2 rings (SSSR count). The van der Waals surface area contributed by atoms with Crippen LogP contribution in [0, 0.1) is 0 Å². The third kappa shape index (κ3) is 2.44. The van der Waals surface area contributed by atoms with Crippen LogP contribution < -0.4 is 0 Å². The van der Waals surface area contributed by atoms with Crippen molar-refractivity contribution >= 4 is 5.97 Å². The van der Waals surface area contributed by atoms with Gasteiger partial charge in [0.2, 0.25) is 0 Å². The summed E-state index contributed by atoms with van der Waals surface area (Å²) in [6, 6.07) is 5.35. The second kappa shape index (κ2) is 4.57. The predicted molar refractivity (Wildman–Crippen MR) is 57.1 cm³/mol. The maximum absolute atomic E-state index is 10.6. The molecule has 0 amide bonds. The molecule has 16 heavy (non-hydrogen) atoms. The molecule has 0 saturated carbocycles. The van der Waals surface area contributed by atoms with Gasteiger partial charge in [0.25, 0.3) is 0 Å². The van der Waals surface area contributed by atoms with Crippen molar-refractivity contribution in [3.63, 3.8) is 0 Å². The first-order valence-electron chi connectivity index (χ1n) is 4.91. The first-order valence-corrected chi connectivity index (χ1v) is 4.91. The van der Waals surface area contributed by atoms with Gasteiger partial charge in [0, 0.05) is 25.1 Å². The summed E-state index contributed by atoms with van der Waals surface area (Å²) in [5.74, 6) is -1.000. The first-order chi connectivity index (χ1) is 7.75. The standard InChI is InChI=1S/C11H11N3O2/c15-11(16)10-4-7-14(13-10)6-3-9-2-1-5-12-8-9/h1-2,4-5,7-8H,3,6H2,(H,15,16). The molecule has 0 unspecified atom stereocenters. The Hall–Kier alpha value is -2.17. The van der Waals surface area contributed by atoms with Crippen molar-refractivity contribution in [1.29, 1.82) is 0 Å². The van der Waals surface area contributed by atoms with E-state index in [2.05, 4.69) is 10.1 Å². The SMILES string of the molecule is O=C(O)c1ccn(CCc2cccnc2)n1. The minimum absolute atomic E-state index is 0.0752. The Morgan fingerprint density at radius 1 is 1.44 bits per heavy atom. The van der Waals surface area contributed by atoms with Gasteiger partial charge in [-0.1, -0.05) is 6.07 Å². The van der Waals surface area contributed by atoms with Gasteiger partial charge in [0.15, 0.2) is 5.69 Å². The van der Waals surface area contributed by atoms with Gasteiger partial charge in [-0.15, -0.1) is 0 Å². The Bertz CT molecular complexity index is 479. The van der Waals surface area contributed by atoms with Crippen molar-refractivity contribution in [3.8, 4) is 0 Å². The summed E-state index contributed by atoms with van der Waals surface area (Å²) in [4.78, 5) is 14.6. The fourth-order valence-electron chi connectivity index (χ4n) is 1.39. The number of carboxylic acids is 1. The van der Waals surface area contributed by atoms with Crippen LogP contribution in [-0.4, -0.2) is 25.8 Å². The van der Waals surface area contributed by atoms with Crippen molar-refractivity contribution in [2.45, 2.75) is 13.0 Å². The molecule has 2 heterocycles. The number of aromatic nitrogens is 3. The van der Waals surface area contributed by atoms with Crippen molar-refractivity contribution in [1.82, 2.24) is 14.8 Å². The lowest BCUT2D eigenvalue weighted by Gasteiger charge is -2.00. The molecule has 0 aliphatic rings. The molecule has 0 aliphatic carbocycles. The number of rotatable bonds is 4. The maximum atomic E-state index is 10.6. The van der Waals surface area contributed by atoms with Gasteiger partial charge in [-0.25, -0.2) is 4.79 Å². The number of carbonyl (C=O) groups is 1. The molecule has 0 aromatic carbocycles. The Kier molecular flexibility index (Phi) is 2.95. The largest absolute Gasteiger partial charge is 0.476 e. The van der Waals surface area contributed by atoms with Gasteiger partial charge >= 0.3 is 5.97 Å². The summed E-state index contributed by atoms with van der Waals surface area (Å²) in [7, 11) is 0. The molecular weight excluding hydrogens is 206 g/mol. The van der Waals surface area contributed by atoms with E-state index in [4.69, 9.17) is 5.11 Å². The smallest absolute Gasteiger partial charge is 0.356 e. The van der Waals surface area contributed by atoms with Crippen LogP contribution in [0.3, 0.4) is 0 Å². The Morgan fingerprint density at radius 3 is 2.94 bits per heavy atom. The monoisotopic (exact) mass is 217 g/mol. The molecule has 0 radical (unpaired) electrons. The zero-order valence-corrected chi connectivity index (χ0v) is 8.58. The summed E-state index contributed by atoms with van der Waals surface area (Å²) in [5, 5.41) is 12.6. The van der Waals surface area contributed by atoms with Gasteiger partial charge < -0.3 is 5.11 Å². The summed E-state index contributed by atoms with van der Waals surface area (Å²) in [6.45, 7) is 0.652. The molecular formula is C11H11N3O2.